The number of carboxylic acids is 1. The summed E-state index contributed by atoms with van der Waals surface area (Å²) in [6, 6.07) is 13.4. The van der Waals surface area contributed by atoms with E-state index in [9.17, 15) is 13.2 Å². The fourth-order valence-electron chi connectivity index (χ4n) is 3.93. The van der Waals surface area contributed by atoms with Crippen molar-refractivity contribution < 1.29 is 27.8 Å². The van der Waals surface area contributed by atoms with Gasteiger partial charge in [-0.2, -0.15) is 4.31 Å². The number of aliphatic carboxylic acids is 1. The first kappa shape index (κ1) is 26.9. The summed E-state index contributed by atoms with van der Waals surface area (Å²) in [6.07, 6.45) is 2.83. The molecule has 0 amide bonds. The van der Waals surface area contributed by atoms with Gasteiger partial charge < -0.3 is 14.6 Å². The highest BCUT2D eigenvalue weighted by Gasteiger charge is 2.29. The van der Waals surface area contributed by atoms with Gasteiger partial charge >= 0.3 is 5.97 Å². The van der Waals surface area contributed by atoms with E-state index in [1.54, 1.807) is 46.8 Å². The Morgan fingerprint density at radius 1 is 1.14 bits per heavy atom. The van der Waals surface area contributed by atoms with Gasteiger partial charge in [0.15, 0.2) is 0 Å². The monoisotopic (exact) mass is 502 g/mol. The molecule has 1 saturated heterocycles. The molecule has 0 saturated carbocycles. The Morgan fingerprint density at radius 3 is 2.31 bits per heavy atom. The van der Waals surface area contributed by atoms with Gasteiger partial charge in [-0.05, 0) is 61.7 Å². The number of carboxylic acid groups (broad SMARTS) is 1. The molecule has 1 heterocycles. The van der Waals surface area contributed by atoms with Crippen LogP contribution < -0.4 is 4.74 Å². The summed E-state index contributed by atoms with van der Waals surface area (Å²) in [7, 11) is -3.71. The Hall–Kier alpha value is -2.72. The summed E-state index contributed by atoms with van der Waals surface area (Å²) in [5.74, 6) is 0.270. The van der Waals surface area contributed by atoms with Crippen LogP contribution in [0.2, 0.25) is 0 Å². The predicted octanol–water partition coefficient (Wildman–Crippen LogP) is 3.78. The van der Waals surface area contributed by atoms with Crippen LogP contribution in [-0.2, 0) is 26.0 Å². The molecule has 1 fully saturated rings. The SMILES string of the molecule is C=CCC(C)N(CCN1CCOCC1)S(=O)(=O)c1ccc(Oc2ccc(CCC(=O)O)cc2)cc1. The molecule has 1 atom stereocenters. The van der Waals surface area contributed by atoms with E-state index in [2.05, 4.69) is 11.5 Å². The van der Waals surface area contributed by atoms with E-state index >= 15 is 0 Å². The first-order valence-electron chi connectivity index (χ1n) is 11.8. The standard InChI is InChI=1S/C26H34N2O6S/c1-3-4-21(2)28(16-15-27-17-19-33-20-18-27)35(31,32)25-12-10-24(11-13-25)34-23-8-5-22(6-9-23)7-14-26(29)30/h3,5-6,8-13,21H,1,4,7,14-20H2,2H3,(H,29,30). The molecule has 1 unspecified atom stereocenters. The number of benzene rings is 2. The van der Waals surface area contributed by atoms with E-state index in [-0.39, 0.29) is 17.4 Å². The maximum atomic E-state index is 13.5. The summed E-state index contributed by atoms with van der Waals surface area (Å²) in [5.41, 5.74) is 0.909. The number of rotatable bonds is 13. The lowest BCUT2D eigenvalue weighted by Gasteiger charge is -2.32. The van der Waals surface area contributed by atoms with Crippen LogP contribution in [0, 0.1) is 0 Å². The van der Waals surface area contributed by atoms with Crippen LogP contribution in [0.3, 0.4) is 0 Å². The van der Waals surface area contributed by atoms with Crippen LogP contribution in [0.25, 0.3) is 0 Å². The number of morpholine rings is 1. The fourth-order valence-corrected chi connectivity index (χ4v) is 5.56. The third-order valence-electron chi connectivity index (χ3n) is 5.96. The van der Waals surface area contributed by atoms with E-state index in [1.807, 2.05) is 19.1 Å². The molecule has 0 bridgehead atoms. The fraction of sp³-hybridized carbons (Fsp3) is 0.423. The van der Waals surface area contributed by atoms with Gasteiger partial charge in [-0.15, -0.1) is 6.58 Å². The molecule has 2 aromatic carbocycles. The summed E-state index contributed by atoms with van der Waals surface area (Å²) < 4.78 is 39.8. The minimum Gasteiger partial charge on any atom is -0.481 e. The molecule has 1 aliphatic heterocycles. The molecule has 9 heteroatoms. The number of carbonyl (C=O) groups is 1. The van der Waals surface area contributed by atoms with Gasteiger partial charge in [-0.25, -0.2) is 8.42 Å². The van der Waals surface area contributed by atoms with E-state index in [0.29, 0.717) is 50.6 Å². The molecule has 35 heavy (non-hydrogen) atoms. The van der Waals surface area contributed by atoms with Crippen molar-refractivity contribution in [3.05, 3.63) is 66.7 Å². The lowest BCUT2D eigenvalue weighted by Crippen LogP contribution is -2.45. The van der Waals surface area contributed by atoms with Crippen LogP contribution in [0.4, 0.5) is 0 Å². The second kappa shape index (κ2) is 12.8. The number of hydrogen-bond acceptors (Lipinski definition) is 6. The molecule has 2 aromatic rings. The zero-order valence-corrected chi connectivity index (χ0v) is 21.0. The summed E-state index contributed by atoms with van der Waals surface area (Å²) in [6.45, 7) is 9.65. The van der Waals surface area contributed by atoms with Crippen LogP contribution in [0.1, 0.15) is 25.3 Å². The number of ether oxygens (including phenoxy) is 2. The minimum atomic E-state index is -3.71. The number of hydrogen-bond donors (Lipinski definition) is 1. The molecule has 0 radical (unpaired) electrons. The molecule has 0 aliphatic carbocycles. The van der Waals surface area contributed by atoms with Crippen LogP contribution in [-0.4, -0.2) is 74.1 Å². The second-order valence-corrected chi connectivity index (χ2v) is 10.4. The molecular formula is C26H34N2O6S. The topological polar surface area (TPSA) is 96.4 Å². The van der Waals surface area contributed by atoms with Crippen molar-refractivity contribution >= 4 is 16.0 Å². The quantitative estimate of drug-likeness (QED) is 0.416. The third kappa shape index (κ3) is 7.90. The minimum absolute atomic E-state index is 0.0744. The van der Waals surface area contributed by atoms with Crippen molar-refractivity contribution in [1.82, 2.24) is 9.21 Å². The summed E-state index contributed by atoms with van der Waals surface area (Å²) in [5, 5.41) is 8.80. The molecule has 0 spiro atoms. The molecular weight excluding hydrogens is 468 g/mol. The zero-order valence-electron chi connectivity index (χ0n) is 20.1. The normalized spacial score (nSPS) is 15.6. The second-order valence-electron chi connectivity index (χ2n) is 8.55. The highest BCUT2D eigenvalue weighted by molar-refractivity contribution is 7.89. The van der Waals surface area contributed by atoms with Crippen LogP contribution >= 0.6 is 0 Å². The van der Waals surface area contributed by atoms with Crippen LogP contribution in [0.15, 0.2) is 66.1 Å². The third-order valence-corrected chi connectivity index (χ3v) is 7.98. The smallest absolute Gasteiger partial charge is 0.303 e. The van der Waals surface area contributed by atoms with Gasteiger partial charge in [0.05, 0.1) is 18.1 Å². The molecule has 1 aliphatic rings. The zero-order chi connectivity index (χ0) is 25.3. The average Bonchev–Trinajstić information content (AvgIpc) is 2.85. The van der Waals surface area contributed by atoms with Crippen LogP contribution in [0.5, 0.6) is 11.5 Å². The highest BCUT2D eigenvalue weighted by Crippen LogP contribution is 2.26. The summed E-state index contributed by atoms with van der Waals surface area (Å²) >= 11 is 0. The Balaban J connectivity index is 1.68. The molecule has 190 valence electrons. The first-order valence-corrected chi connectivity index (χ1v) is 13.2. The lowest BCUT2D eigenvalue weighted by molar-refractivity contribution is -0.136. The van der Waals surface area contributed by atoms with E-state index in [4.69, 9.17) is 14.6 Å². The van der Waals surface area contributed by atoms with Crippen molar-refractivity contribution in [3.63, 3.8) is 0 Å². The van der Waals surface area contributed by atoms with Crippen molar-refractivity contribution in [2.75, 3.05) is 39.4 Å². The van der Waals surface area contributed by atoms with Gasteiger partial charge in [-0.1, -0.05) is 18.2 Å². The first-order chi connectivity index (χ1) is 16.8. The molecule has 1 N–H and O–H groups in total. The van der Waals surface area contributed by atoms with Gasteiger partial charge in [-0.3, -0.25) is 9.69 Å². The Morgan fingerprint density at radius 2 is 1.74 bits per heavy atom. The van der Waals surface area contributed by atoms with Crippen molar-refractivity contribution in [1.29, 1.82) is 0 Å². The van der Waals surface area contributed by atoms with Crippen molar-refractivity contribution in [3.8, 4) is 11.5 Å². The molecule has 0 aromatic heterocycles. The van der Waals surface area contributed by atoms with E-state index in [0.717, 1.165) is 18.7 Å². The molecule has 3 rings (SSSR count). The van der Waals surface area contributed by atoms with Gasteiger partial charge in [0.2, 0.25) is 10.0 Å². The maximum Gasteiger partial charge on any atom is 0.303 e. The van der Waals surface area contributed by atoms with E-state index in [1.165, 1.54) is 0 Å². The lowest BCUT2D eigenvalue weighted by atomic mass is 10.1. The van der Waals surface area contributed by atoms with Crippen molar-refractivity contribution in [2.45, 2.75) is 37.1 Å². The maximum absolute atomic E-state index is 13.5. The predicted molar refractivity (Wildman–Crippen MR) is 134 cm³/mol. The van der Waals surface area contributed by atoms with Crippen molar-refractivity contribution in [2.24, 2.45) is 0 Å². The van der Waals surface area contributed by atoms with Gasteiger partial charge in [0.1, 0.15) is 11.5 Å². The Bertz CT molecular complexity index is 1060. The average molecular weight is 503 g/mol. The summed E-state index contributed by atoms with van der Waals surface area (Å²) in [4.78, 5) is 13.2. The number of nitrogens with zero attached hydrogens (tertiary/aromatic N) is 2. The van der Waals surface area contributed by atoms with E-state index < -0.39 is 16.0 Å². The Kier molecular flexibility index (Phi) is 9.85. The van der Waals surface area contributed by atoms with Gasteiger partial charge in [0.25, 0.3) is 0 Å². The number of sulfonamides is 1. The number of aryl methyl sites for hydroxylation is 1. The largest absolute Gasteiger partial charge is 0.481 e. The van der Waals surface area contributed by atoms with Gasteiger partial charge in [0, 0.05) is 38.6 Å². The highest BCUT2D eigenvalue weighted by atomic mass is 32.2. The molecule has 8 nitrogen and oxygen atoms in total. The Labute approximate surface area is 207 Å².